The molecule has 0 amide bonds. The van der Waals surface area contributed by atoms with Crippen molar-refractivity contribution in [3.63, 3.8) is 0 Å². The van der Waals surface area contributed by atoms with E-state index in [1.165, 1.54) is 6.20 Å². The number of aromatic nitrogens is 1. The Morgan fingerprint density at radius 2 is 2.26 bits per heavy atom. The number of nitrogens with zero attached hydrogens (tertiary/aromatic N) is 1. The molecule has 0 spiro atoms. The predicted octanol–water partition coefficient (Wildman–Crippen LogP) is 2.52. The molecule has 0 radical (unpaired) electrons. The van der Waals surface area contributed by atoms with E-state index in [0.29, 0.717) is 23.0 Å². The topological polar surface area (TPSA) is 71.5 Å². The molecule has 2 N–H and O–H groups in total. The lowest BCUT2D eigenvalue weighted by Crippen LogP contribution is -2.09. The maximum absolute atomic E-state index is 11.3. The van der Waals surface area contributed by atoms with Crippen molar-refractivity contribution < 1.29 is 14.6 Å². The Morgan fingerprint density at radius 3 is 2.89 bits per heavy atom. The molecule has 1 aliphatic carbocycles. The van der Waals surface area contributed by atoms with Crippen LogP contribution in [0.2, 0.25) is 0 Å². The molecule has 1 aromatic heterocycles. The molecule has 1 heterocycles. The highest BCUT2D eigenvalue weighted by Crippen LogP contribution is 2.34. The van der Waals surface area contributed by atoms with E-state index >= 15 is 0 Å². The van der Waals surface area contributed by atoms with E-state index in [1.54, 1.807) is 7.11 Å². The number of carboxylic acids is 1. The van der Waals surface area contributed by atoms with Crippen LogP contribution in [-0.2, 0) is 0 Å². The number of hydrogen-bond donors (Lipinski definition) is 2. The molecule has 1 fully saturated rings. The molecular formula is C14H14N2O3. The number of hydrogen-bond acceptors (Lipinski definition) is 4. The first-order valence-corrected chi connectivity index (χ1v) is 6.16. The first-order valence-electron chi connectivity index (χ1n) is 6.16. The number of para-hydroxylation sites is 1. The van der Waals surface area contributed by atoms with Crippen molar-refractivity contribution in [1.82, 2.24) is 4.98 Å². The molecule has 2 aromatic rings. The summed E-state index contributed by atoms with van der Waals surface area (Å²) in [5.74, 6) is -0.325. The third kappa shape index (κ3) is 2.07. The number of ether oxygens (including phenoxy) is 1. The average Bonchev–Trinajstić information content (AvgIpc) is 3.22. The largest absolute Gasteiger partial charge is 0.494 e. The van der Waals surface area contributed by atoms with Gasteiger partial charge in [-0.25, -0.2) is 4.79 Å². The average molecular weight is 258 g/mol. The maximum atomic E-state index is 11.3. The van der Waals surface area contributed by atoms with Gasteiger partial charge in [-0.3, -0.25) is 4.98 Å². The van der Waals surface area contributed by atoms with E-state index in [2.05, 4.69) is 10.3 Å². The molecule has 0 saturated heterocycles. The molecule has 1 aliphatic rings. The van der Waals surface area contributed by atoms with Crippen LogP contribution in [0.3, 0.4) is 0 Å². The molecule has 0 bridgehead atoms. The summed E-state index contributed by atoms with van der Waals surface area (Å²) in [6.45, 7) is 0. The number of methoxy groups -OCH3 is 1. The Labute approximate surface area is 110 Å². The van der Waals surface area contributed by atoms with Crippen molar-refractivity contribution in [2.75, 3.05) is 12.4 Å². The van der Waals surface area contributed by atoms with Crippen LogP contribution >= 0.6 is 0 Å². The number of nitrogens with one attached hydrogen (secondary N) is 1. The highest BCUT2D eigenvalue weighted by atomic mass is 16.5. The maximum Gasteiger partial charge on any atom is 0.339 e. The second-order valence-corrected chi connectivity index (χ2v) is 4.63. The lowest BCUT2D eigenvalue weighted by atomic mass is 10.1. The zero-order valence-corrected chi connectivity index (χ0v) is 10.5. The van der Waals surface area contributed by atoms with Gasteiger partial charge in [0.15, 0.2) is 0 Å². The number of carbonyl (C=O) groups is 1. The van der Waals surface area contributed by atoms with E-state index in [4.69, 9.17) is 4.74 Å². The summed E-state index contributed by atoms with van der Waals surface area (Å²) in [6, 6.07) is 5.89. The van der Waals surface area contributed by atoms with Gasteiger partial charge in [-0.15, -0.1) is 0 Å². The zero-order chi connectivity index (χ0) is 13.4. The number of aromatic carboxylic acids is 1. The third-order valence-electron chi connectivity index (χ3n) is 3.24. The Balaban J connectivity index is 2.24. The van der Waals surface area contributed by atoms with Crippen molar-refractivity contribution in [2.45, 2.75) is 18.9 Å². The van der Waals surface area contributed by atoms with Crippen molar-refractivity contribution in [3.8, 4) is 5.75 Å². The van der Waals surface area contributed by atoms with Crippen LogP contribution in [0.1, 0.15) is 23.2 Å². The van der Waals surface area contributed by atoms with Gasteiger partial charge in [-0.05, 0) is 18.9 Å². The SMILES string of the molecule is COc1cccc2c(NC3CC3)c(C(=O)O)cnc12. The number of rotatable bonds is 4. The Kier molecular flexibility index (Phi) is 2.74. The van der Waals surface area contributed by atoms with Gasteiger partial charge in [0.05, 0.1) is 12.8 Å². The summed E-state index contributed by atoms with van der Waals surface area (Å²) in [4.78, 5) is 15.5. The summed E-state index contributed by atoms with van der Waals surface area (Å²) >= 11 is 0. The molecule has 19 heavy (non-hydrogen) atoms. The van der Waals surface area contributed by atoms with Crippen LogP contribution < -0.4 is 10.1 Å². The summed E-state index contributed by atoms with van der Waals surface area (Å²) < 4.78 is 5.27. The molecule has 0 aliphatic heterocycles. The van der Waals surface area contributed by atoms with Gasteiger partial charge in [0, 0.05) is 17.6 Å². The molecule has 0 unspecified atom stereocenters. The smallest absolute Gasteiger partial charge is 0.339 e. The third-order valence-corrected chi connectivity index (χ3v) is 3.24. The summed E-state index contributed by atoms with van der Waals surface area (Å²) in [7, 11) is 1.58. The van der Waals surface area contributed by atoms with Gasteiger partial charge < -0.3 is 15.2 Å². The Hall–Kier alpha value is -2.30. The van der Waals surface area contributed by atoms with Crippen LogP contribution in [0.5, 0.6) is 5.75 Å². The summed E-state index contributed by atoms with van der Waals surface area (Å²) in [5.41, 5.74) is 1.52. The fourth-order valence-corrected chi connectivity index (χ4v) is 2.11. The lowest BCUT2D eigenvalue weighted by molar-refractivity contribution is 0.0697. The van der Waals surface area contributed by atoms with Crippen molar-refractivity contribution in [3.05, 3.63) is 30.0 Å². The normalized spacial score (nSPS) is 14.4. The molecule has 5 heteroatoms. The second kappa shape index (κ2) is 4.42. The highest BCUT2D eigenvalue weighted by Gasteiger charge is 2.25. The predicted molar refractivity (Wildman–Crippen MR) is 71.9 cm³/mol. The van der Waals surface area contributed by atoms with Gasteiger partial charge >= 0.3 is 5.97 Å². The van der Waals surface area contributed by atoms with Crippen LogP contribution in [0.4, 0.5) is 5.69 Å². The molecule has 98 valence electrons. The number of benzene rings is 1. The van der Waals surface area contributed by atoms with Crippen LogP contribution in [0.15, 0.2) is 24.4 Å². The second-order valence-electron chi connectivity index (χ2n) is 4.63. The monoisotopic (exact) mass is 258 g/mol. The van der Waals surface area contributed by atoms with E-state index < -0.39 is 5.97 Å². The molecule has 1 saturated carbocycles. The van der Waals surface area contributed by atoms with Crippen molar-refractivity contribution >= 4 is 22.6 Å². The van der Waals surface area contributed by atoms with Crippen LogP contribution in [-0.4, -0.2) is 29.2 Å². The van der Waals surface area contributed by atoms with Crippen LogP contribution in [0, 0.1) is 0 Å². The number of pyridine rings is 1. The minimum atomic E-state index is -0.972. The fourth-order valence-electron chi connectivity index (χ4n) is 2.11. The first kappa shape index (κ1) is 11.8. The van der Waals surface area contributed by atoms with Gasteiger partial charge in [0.25, 0.3) is 0 Å². The minimum Gasteiger partial charge on any atom is -0.494 e. The van der Waals surface area contributed by atoms with Gasteiger partial charge in [0.1, 0.15) is 16.8 Å². The first-order chi connectivity index (χ1) is 9.20. The lowest BCUT2D eigenvalue weighted by Gasteiger charge is -2.13. The number of carboxylic acid groups (broad SMARTS) is 1. The van der Waals surface area contributed by atoms with Crippen molar-refractivity contribution in [2.24, 2.45) is 0 Å². The van der Waals surface area contributed by atoms with Crippen molar-refractivity contribution in [1.29, 1.82) is 0 Å². The summed E-state index contributed by atoms with van der Waals surface area (Å²) in [5, 5.41) is 13.3. The quantitative estimate of drug-likeness (QED) is 0.881. The molecule has 5 nitrogen and oxygen atoms in total. The molecule has 3 rings (SSSR count). The molecular weight excluding hydrogens is 244 g/mol. The fraction of sp³-hybridized carbons (Fsp3) is 0.286. The summed E-state index contributed by atoms with van der Waals surface area (Å²) in [6.07, 6.45) is 3.54. The van der Waals surface area contributed by atoms with Gasteiger partial charge in [-0.1, -0.05) is 12.1 Å². The van der Waals surface area contributed by atoms with E-state index in [1.807, 2.05) is 18.2 Å². The molecule has 1 aromatic carbocycles. The van der Waals surface area contributed by atoms with Gasteiger partial charge in [-0.2, -0.15) is 0 Å². The van der Waals surface area contributed by atoms with Gasteiger partial charge in [0.2, 0.25) is 0 Å². The number of fused-ring (bicyclic) bond motifs is 1. The van der Waals surface area contributed by atoms with E-state index in [0.717, 1.165) is 18.2 Å². The highest BCUT2D eigenvalue weighted by molar-refractivity contribution is 6.05. The standard InChI is InChI=1S/C14H14N2O3/c1-19-11-4-2-3-9-12(16-8-5-6-8)10(14(17)18)7-15-13(9)11/h2-4,7-8H,5-6H2,1H3,(H,15,16)(H,17,18). The Morgan fingerprint density at radius 1 is 1.47 bits per heavy atom. The Bertz CT molecular complexity index is 650. The number of anilines is 1. The van der Waals surface area contributed by atoms with E-state index in [-0.39, 0.29) is 5.56 Å². The van der Waals surface area contributed by atoms with E-state index in [9.17, 15) is 9.90 Å². The minimum absolute atomic E-state index is 0.202. The zero-order valence-electron chi connectivity index (χ0n) is 10.5. The van der Waals surface area contributed by atoms with Crippen LogP contribution in [0.25, 0.3) is 10.9 Å². The molecule has 0 atom stereocenters.